The van der Waals surface area contributed by atoms with E-state index in [1.807, 2.05) is 0 Å². The van der Waals surface area contributed by atoms with E-state index < -0.39 is 6.36 Å². The highest BCUT2D eigenvalue weighted by Gasteiger charge is 2.60. The van der Waals surface area contributed by atoms with Gasteiger partial charge in [0.15, 0.2) is 6.73 Å². The number of nitrogens with zero attached hydrogens (tertiary/aromatic N) is 2. The van der Waals surface area contributed by atoms with E-state index in [0.717, 1.165) is 48.3 Å². The van der Waals surface area contributed by atoms with Crippen molar-refractivity contribution in [2.24, 2.45) is 57.4 Å². The van der Waals surface area contributed by atoms with Gasteiger partial charge in [-0.1, -0.05) is 59.0 Å². The summed E-state index contributed by atoms with van der Waals surface area (Å²) >= 11 is 0. The molecule has 0 spiro atoms. The lowest BCUT2D eigenvalue weighted by Crippen LogP contribution is -2.54. The number of anilines is 1. The number of hydrogen-bond donors (Lipinski definition) is 0. The molecule has 1 aromatic carbocycles. The maximum absolute atomic E-state index is 12.5. The molecule has 9 atom stereocenters. The smallest absolute Gasteiger partial charge is 0.446 e. The van der Waals surface area contributed by atoms with Crippen LogP contribution in [0.25, 0.3) is 0 Å². The summed E-state index contributed by atoms with van der Waals surface area (Å²) in [6, 6.07) is 5.64. The Hall–Kier alpha value is -2.12. The lowest BCUT2D eigenvalue weighted by atomic mass is 9.44. The third kappa shape index (κ3) is 6.29. The van der Waals surface area contributed by atoms with Crippen LogP contribution in [0.3, 0.4) is 0 Å². The van der Waals surface area contributed by atoms with E-state index in [9.17, 15) is 13.2 Å². The van der Waals surface area contributed by atoms with Gasteiger partial charge in [-0.25, -0.2) is 5.01 Å². The Kier molecular flexibility index (Phi) is 8.86. The number of rotatable bonds is 8. The molecule has 1 unspecified atom stereocenters. The predicted octanol–water partition coefficient (Wildman–Crippen LogP) is 10.2. The number of alkyl halides is 3. The third-order valence-corrected chi connectivity index (χ3v) is 13.0. The number of ether oxygens (including phenoxy) is 3. The van der Waals surface area contributed by atoms with Crippen molar-refractivity contribution in [1.82, 2.24) is 0 Å². The Balaban J connectivity index is 1.04. The van der Waals surface area contributed by atoms with Crippen molar-refractivity contribution in [3.8, 4) is 5.75 Å². The molecule has 0 bridgehead atoms. The van der Waals surface area contributed by atoms with Gasteiger partial charge in [0, 0.05) is 0 Å². The van der Waals surface area contributed by atoms with E-state index in [1.165, 1.54) is 88.5 Å². The molecular formula is C36H53F3N2O3. The summed E-state index contributed by atoms with van der Waals surface area (Å²) in [5.74, 6) is 5.56. The predicted molar refractivity (Wildman–Crippen MR) is 167 cm³/mol. The van der Waals surface area contributed by atoms with Crippen LogP contribution in [0, 0.1) is 52.3 Å². The molecule has 1 aromatic rings. The molecule has 44 heavy (non-hydrogen) atoms. The van der Waals surface area contributed by atoms with Crippen molar-refractivity contribution < 1.29 is 27.4 Å². The Morgan fingerprint density at radius 2 is 1.66 bits per heavy atom. The summed E-state index contributed by atoms with van der Waals surface area (Å²) in [5, 5.41) is 6.08. The van der Waals surface area contributed by atoms with Gasteiger partial charge in [0.2, 0.25) is 0 Å². The first-order chi connectivity index (χ1) is 20.9. The summed E-state index contributed by atoms with van der Waals surface area (Å²) in [6.45, 7) is 12.7. The van der Waals surface area contributed by atoms with E-state index in [2.05, 4.69) is 44.5 Å². The molecule has 4 aliphatic carbocycles. The van der Waals surface area contributed by atoms with E-state index in [4.69, 9.17) is 9.47 Å². The van der Waals surface area contributed by atoms with Crippen molar-refractivity contribution in [2.75, 3.05) is 11.7 Å². The SMILES string of the molecule is CC(C)CCC[C@@H](C)[C@H]1CC[C@H]2[C@@H]3CCC4C[C@@H](OC5=NN(c6ccc(OC(F)(F)F)cc6)CO5)CC[C@]4(C)[C@H]3CC[C@]12C. The third-order valence-electron chi connectivity index (χ3n) is 13.0. The summed E-state index contributed by atoms with van der Waals surface area (Å²) in [5.41, 5.74) is 1.53. The number of hydrazone groups is 1. The molecule has 8 heteroatoms. The quantitative estimate of drug-likeness (QED) is 0.291. The molecular weight excluding hydrogens is 565 g/mol. The standard InChI is InChI=1S/C36H53F3N2O3/c1-23(2)7-6-8-24(3)30-15-16-31-29-14-9-25-21-28(17-19-34(25,4)32(29)18-20-35(30,31)5)43-33-40-41(22-42-33)26-10-12-27(13-11-26)44-36(37,38)39/h10-13,23-25,28-32H,6-9,14-22H2,1-5H3/t24-,25?,28+,29+,30-,31+,32+,34+,35-/m1/s1. The first-order valence-corrected chi connectivity index (χ1v) is 17.4. The molecule has 0 radical (unpaired) electrons. The molecule has 6 rings (SSSR count). The topological polar surface area (TPSA) is 43.3 Å². The molecule has 1 aliphatic heterocycles. The highest BCUT2D eigenvalue weighted by Crippen LogP contribution is 2.68. The second-order valence-corrected chi connectivity index (χ2v) is 15.8. The molecule has 0 amide bonds. The minimum Gasteiger partial charge on any atom is -0.446 e. The maximum atomic E-state index is 12.5. The lowest BCUT2D eigenvalue weighted by molar-refractivity contribution is -0.274. The minimum absolute atomic E-state index is 0.0855. The van der Waals surface area contributed by atoms with Gasteiger partial charge in [-0.05, 0) is 134 Å². The Bertz CT molecular complexity index is 1170. The fourth-order valence-corrected chi connectivity index (χ4v) is 10.8. The zero-order chi connectivity index (χ0) is 31.3. The van der Waals surface area contributed by atoms with E-state index in [1.54, 1.807) is 5.01 Å². The molecule has 0 aromatic heterocycles. The van der Waals surface area contributed by atoms with Crippen molar-refractivity contribution in [1.29, 1.82) is 0 Å². The van der Waals surface area contributed by atoms with Crippen molar-refractivity contribution in [3.05, 3.63) is 24.3 Å². The van der Waals surface area contributed by atoms with Crippen LogP contribution in [0.2, 0.25) is 0 Å². The van der Waals surface area contributed by atoms with Crippen LogP contribution < -0.4 is 9.75 Å². The normalized spacial score (nSPS) is 37.5. The van der Waals surface area contributed by atoms with Gasteiger partial charge in [0.05, 0.1) is 5.69 Å². The molecule has 1 heterocycles. The second-order valence-electron chi connectivity index (χ2n) is 15.8. The molecule has 4 fully saturated rings. The summed E-state index contributed by atoms with van der Waals surface area (Å²) in [7, 11) is 0. The fraction of sp³-hybridized carbons (Fsp3) is 0.806. The first-order valence-electron chi connectivity index (χ1n) is 17.4. The van der Waals surface area contributed by atoms with Crippen LogP contribution in [0.15, 0.2) is 29.4 Å². The van der Waals surface area contributed by atoms with Gasteiger partial charge in [0.1, 0.15) is 11.9 Å². The van der Waals surface area contributed by atoms with Crippen LogP contribution in [-0.4, -0.2) is 25.3 Å². The largest absolute Gasteiger partial charge is 0.573 e. The van der Waals surface area contributed by atoms with Crippen LogP contribution >= 0.6 is 0 Å². The van der Waals surface area contributed by atoms with Crippen LogP contribution in [0.1, 0.15) is 112 Å². The Morgan fingerprint density at radius 1 is 0.932 bits per heavy atom. The monoisotopic (exact) mass is 618 g/mol. The van der Waals surface area contributed by atoms with Gasteiger partial charge >= 0.3 is 12.4 Å². The lowest BCUT2D eigenvalue weighted by Gasteiger charge is -2.61. The average Bonchev–Trinajstić information content (AvgIpc) is 3.56. The Labute approximate surface area is 262 Å². The second kappa shape index (κ2) is 12.2. The molecule has 0 saturated heterocycles. The summed E-state index contributed by atoms with van der Waals surface area (Å²) in [4.78, 5) is 0. The number of halogens is 3. The highest BCUT2D eigenvalue weighted by atomic mass is 19.4. The number of benzene rings is 1. The molecule has 5 nitrogen and oxygen atoms in total. The minimum atomic E-state index is -4.71. The zero-order valence-electron chi connectivity index (χ0n) is 27.4. The van der Waals surface area contributed by atoms with Crippen LogP contribution in [0.4, 0.5) is 18.9 Å². The maximum Gasteiger partial charge on any atom is 0.573 e. The highest BCUT2D eigenvalue weighted by molar-refractivity contribution is 5.71. The van der Waals surface area contributed by atoms with Crippen molar-refractivity contribution in [3.63, 3.8) is 0 Å². The zero-order valence-corrected chi connectivity index (χ0v) is 27.4. The number of hydrogen-bond acceptors (Lipinski definition) is 5. The molecule has 4 saturated carbocycles. The molecule has 246 valence electrons. The van der Waals surface area contributed by atoms with Gasteiger partial charge in [-0.3, -0.25) is 0 Å². The van der Waals surface area contributed by atoms with Gasteiger partial charge in [0.25, 0.3) is 0 Å². The van der Waals surface area contributed by atoms with E-state index >= 15 is 0 Å². The average molecular weight is 619 g/mol. The van der Waals surface area contributed by atoms with Crippen molar-refractivity contribution >= 4 is 11.8 Å². The Morgan fingerprint density at radius 3 is 2.39 bits per heavy atom. The summed E-state index contributed by atoms with van der Waals surface area (Å²) < 4.78 is 53.5. The van der Waals surface area contributed by atoms with Crippen LogP contribution in [0.5, 0.6) is 5.75 Å². The van der Waals surface area contributed by atoms with Gasteiger partial charge in [-0.2, -0.15) is 0 Å². The van der Waals surface area contributed by atoms with Gasteiger partial charge < -0.3 is 14.2 Å². The first kappa shape index (κ1) is 31.8. The van der Waals surface area contributed by atoms with Gasteiger partial charge in [-0.15, -0.1) is 13.2 Å². The fourth-order valence-electron chi connectivity index (χ4n) is 10.8. The van der Waals surface area contributed by atoms with Crippen molar-refractivity contribution in [2.45, 2.75) is 124 Å². The van der Waals surface area contributed by atoms with E-state index in [0.29, 0.717) is 22.4 Å². The summed E-state index contributed by atoms with van der Waals surface area (Å²) in [6.07, 6.45) is 11.4. The molecule has 0 N–H and O–H groups in total. The van der Waals surface area contributed by atoms with Crippen LogP contribution in [-0.2, 0) is 9.47 Å². The molecule has 5 aliphatic rings. The number of fused-ring (bicyclic) bond motifs is 5. The van der Waals surface area contributed by atoms with E-state index in [-0.39, 0.29) is 24.7 Å².